The average molecular weight is 277 g/mol. The van der Waals surface area contributed by atoms with E-state index in [1.54, 1.807) is 12.1 Å². The molecule has 98 valence electrons. The molecule has 6 heteroatoms. The van der Waals surface area contributed by atoms with E-state index in [4.69, 9.17) is 17.4 Å². The first-order chi connectivity index (χ1) is 9.17. The normalized spacial score (nSPS) is 14.4. The Labute approximate surface area is 115 Å². The molecule has 0 bridgehead atoms. The second kappa shape index (κ2) is 4.68. The van der Waals surface area contributed by atoms with Gasteiger partial charge < -0.3 is 10.5 Å². The Bertz CT molecular complexity index is 628. The first-order valence-corrected chi connectivity index (χ1v) is 6.39. The first kappa shape index (κ1) is 12.2. The lowest BCUT2D eigenvalue weighted by molar-refractivity contribution is 0.475. The highest BCUT2D eigenvalue weighted by atomic mass is 35.5. The lowest BCUT2D eigenvalue weighted by Crippen LogP contribution is -2.10. The fourth-order valence-electron chi connectivity index (χ4n) is 1.90. The van der Waals surface area contributed by atoms with Gasteiger partial charge in [0.2, 0.25) is 0 Å². The molecule has 3 rings (SSSR count). The van der Waals surface area contributed by atoms with Crippen molar-refractivity contribution in [1.82, 2.24) is 9.97 Å². The summed E-state index contributed by atoms with van der Waals surface area (Å²) in [5.74, 6) is 7.11. The minimum atomic E-state index is 0.0425. The molecule has 0 saturated heterocycles. The van der Waals surface area contributed by atoms with Crippen molar-refractivity contribution in [1.29, 1.82) is 0 Å². The van der Waals surface area contributed by atoms with E-state index in [2.05, 4.69) is 15.4 Å². The van der Waals surface area contributed by atoms with Crippen molar-refractivity contribution < 1.29 is 5.11 Å². The van der Waals surface area contributed by atoms with Crippen molar-refractivity contribution in [2.75, 3.05) is 5.43 Å². The van der Waals surface area contributed by atoms with E-state index in [0.717, 1.165) is 24.1 Å². The Hall–Kier alpha value is -1.85. The van der Waals surface area contributed by atoms with Crippen LogP contribution in [0.25, 0.3) is 11.4 Å². The molecule has 0 aliphatic heterocycles. The molecule has 1 heterocycles. The summed E-state index contributed by atoms with van der Waals surface area (Å²) >= 11 is 5.91. The van der Waals surface area contributed by atoms with Crippen LogP contribution in [-0.2, 0) is 0 Å². The maximum absolute atomic E-state index is 9.44. The highest BCUT2D eigenvalue weighted by molar-refractivity contribution is 6.32. The van der Waals surface area contributed by atoms with Gasteiger partial charge in [0.05, 0.1) is 5.02 Å². The number of nitrogens with zero attached hydrogens (tertiary/aromatic N) is 2. The topological polar surface area (TPSA) is 84.1 Å². The predicted molar refractivity (Wildman–Crippen MR) is 73.9 cm³/mol. The number of hydrogen-bond donors (Lipinski definition) is 3. The number of hydrogen-bond acceptors (Lipinski definition) is 5. The summed E-state index contributed by atoms with van der Waals surface area (Å²) in [6.07, 6.45) is 2.30. The highest BCUT2D eigenvalue weighted by Crippen LogP contribution is 2.40. The fourth-order valence-corrected chi connectivity index (χ4v) is 2.08. The molecular formula is C13H13ClN4O. The number of aromatic hydroxyl groups is 1. The summed E-state index contributed by atoms with van der Waals surface area (Å²) in [5.41, 5.74) is 4.29. The molecule has 1 aliphatic rings. The monoisotopic (exact) mass is 276 g/mol. The maximum atomic E-state index is 9.44. The van der Waals surface area contributed by atoms with E-state index in [-0.39, 0.29) is 10.8 Å². The van der Waals surface area contributed by atoms with Crippen molar-refractivity contribution in [2.45, 2.75) is 18.8 Å². The zero-order chi connectivity index (χ0) is 13.4. The molecular weight excluding hydrogens is 264 g/mol. The van der Waals surface area contributed by atoms with Gasteiger partial charge in [-0.25, -0.2) is 15.8 Å². The van der Waals surface area contributed by atoms with Gasteiger partial charge in [-0.05, 0) is 31.0 Å². The Balaban J connectivity index is 2.07. The van der Waals surface area contributed by atoms with Crippen LogP contribution in [0.5, 0.6) is 5.75 Å². The molecule has 1 aromatic carbocycles. The van der Waals surface area contributed by atoms with Crippen LogP contribution >= 0.6 is 11.6 Å². The zero-order valence-electron chi connectivity index (χ0n) is 10.1. The van der Waals surface area contributed by atoms with Gasteiger partial charge in [0.1, 0.15) is 11.6 Å². The molecule has 2 aromatic rings. The van der Waals surface area contributed by atoms with Gasteiger partial charge in [0, 0.05) is 23.2 Å². The smallest absolute Gasteiger partial charge is 0.161 e. The minimum Gasteiger partial charge on any atom is -0.506 e. The summed E-state index contributed by atoms with van der Waals surface area (Å²) in [4.78, 5) is 8.85. The Morgan fingerprint density at radius 2 is 2.05 bits per heavy atom. The predicted octanol–water partition coefficient (Wildman–Crippen LogP) is 2.67. The first-order valence-electron chi connectivity index (χ1n) is 6.02. The molecule has 4 N–H and O–H groups in total. The largest absolute Gasteiger partial charge is 0.506 e. The van der Waals surface area contributed by atoms with E-state index in [9.17, 15) is 5.11 Å². The Morgan fingerprint density at radius 3 is 2.68 bits per heavy atom. The lowest BCUT2D eigenvalue weighted by Gasteiger charge is -2.08. The summed E-state index contributed by atoms with van der Waals surface area (Å²) in [7, 11) is 0. The van der Waals surface area contributed by atoms with Gasteiger partial charge >= 0.3 is 0 Å². The average Bonchev–Trinajstić information content (AvgIpc) is 3.26. The SMILES string of the molecule is NNc1cc(C2CC2)nc(-c2ccc(O)c(Cl)c2)n1. The number of aromatic nitrogens is 2. The molecule has 1 aliphatic carbocycles. The van der Waals surface area contributed by atoms with Gasteiger partial charge in [-0.1, -0.05) is 11.6 Å². The van der Waals surface area contributed by atoms with Crippen LogP contribution in [0, 0.1) is 0 Å². The van der Waals surface area contributed by atoms with Crippen molar-refractivity contribution in [2.24, 2.45) is 5.84 Å². The van der Waals surface area contributed by atoms with E-state index in [1.807, 2.05) is 6.07 Å². The zero-order valence-corrected chi connectivity index (χ0v) is 10.9. The molecule has 1 saturated carbocycles. The van der Waals surface area contributed by atoms with Gasteiger partial charge in [-0.3, -0.25) is 0 Å². The summed E-state index contributed by atoms with van der Waals surface area (Å²) in [6, 6.07) is 6.76. The second-order valence-corrected chi connectivity index (χ2v) is 4.99. The van der Waals surface area contributed by atoms with Crippen LogP contribution in [0.15, 0.2) is 24.3 Å². The number of anilines is 1. The van der Waals surface area contributed by atoms with Crippen molar-refractivity contribution in [3.05, 3.63) is 35.0 Å². The van der Waals surface area contributed by atoms with Gasteiger partial charge in [-0.2, -0.15) is 0 Å². The summed E-state index contributed by atoms with van der Waals surface area (Å²) in [5, 5.41) is 9.72. The third-order valence-electron chi connectivity index (χ3n) is 3.10. The second-order valence-electron chi connectivity index (χ2n) is 4.59. The molecule has 1 fully saturated rings. The summed E-state index contributed by atoms with van der Waals surface area (Å²) in [6.45, 7) is 0. The molecule has 0 unspecified atom stereocenters. The molecule has 0 atom stereocenters. The number of hydrazine groups is 1. The number of phenolic OH excluding ortho intramolecular Hbond substituents is 1. The molecule has 0 amide bonds. The Kier molecular flexibility index (Phi) is 3.00. The quantitative estimate of drug-likeness (QED) is 0.593. The maximum Gasteiger partial charge on any atom is 0.161 e. The number of nitrogens with two attached hydrogens (primary N) is 1. The van der Waals surface area contributed by atoms with E-state index < -0.39 is 0 Å². The van der Waals surface area contributed by atoms with Gasteiger partial charge in [0.25, 0.3) is 0 Å². The number of benzene rings is 1. The molecule has 19 heavy (non-hydrogen) atoms. The number of nitrogen functional groups attached to an aromatic ring is 1. The number of nitrogens with one attached hydrogen (secondary N) is 1. The highest BCUT2D eigenvalue weighted by Gasteiger charge is 2.26. The Morgan fingerprint density at radius 1 is 1.26 bits per heavy atom. The van der Waals surface area contributed by atoms with Crippen LogP contribution in [0.1, 0.15) is 24.5 Å². The molecule has 0 spiro atoms. The standard InChI is InChI=1S/C13H13ClN4O/c14-9-5-8(3-4-11(9)19)13-16-10(7-1-2-7)6-12(17-13)18-15/h3-7,19H,1-2,15H2,(H,16,17,18). The van der Waals surface area contributed by atoms with Gasteiger partial charge in [0.15, 0.2) is 5.82 Å². The van der Waals surface area contributed by atoms with Crippen molar-refractivity contribution >= 4 is 17.4 Å². The molecule has 0 radical (unpaired) electrons. The van der Waals surface area contributed by atoms with E-state index in [1.165, 1.54) is 6.07 Å². The third-order valence-corrected chi connectivity index (χ3v) is 3.40. The third kappa shape index (κ3) is 2.47. The van der Waals surface area contributed by atoms with Crippen LogP contribution < -0.4 is 11.3 Å². The fraction of sp³-hybridized carbons (Fsp3) is 0.231. The van der Waals surface area contributed by atoms with Crippen LogP contribution in [0.3, 0.4) is 0 Å². The van der Waals surface area contributed by atoms with Crippen LogP contribution in [0.4, 0.5) is 5.82 Å². The molecule has 5 nitrogen and oxygen atoms in total. The van der Waals surface area contributed by atoms with Gasteiger partial charge in [-0.15, -0.1) is 0 Å². The van der Waals surface area contributed by atoms with E-state index in [0.29, 0.717) is 17.6 Å². The van der Waals surface area contributed by atoms with Crippen LogP contribution in [-0.4, -0.2) is 15.1 Å². The molecule has 1 aromatic heterocycles. The summed E-state index contributed by atoms with van der Waals surface area (Å²) < 4.78 is 0. The lowest BCUT2D eigenvalue weighted by atomic mass is 10.2. The number of phenols is 1. The van der Waals surface area contributed by atoms with E-state index >= 15 is 0 Å². The van der Waals surface area contributed by atoms with Crippen molar-refractivity contribution in [3.63, 3.8) is 0 Å². The van der Waals surface area contributed by atoms with Crippen molar-refractivity contribution in [3.8, 4) is 17.1 Å². The minimum absolute atomic E-state index is 0.0425. The number of rotatable bonds is 3. The number of halogens is 1. The van der Waals surface area contributed by atoms with Crippen LogP contribution in [0.2, 0.25) is 5.02 Å².